The number of nitrogens with one attached hydrogen (secondary N) is 2. The zero-order chi connectivity index (χ0) is 14.3. The number of hydrogen-bond acceptors (Lipinski definition) is 3. The predicted octanol–water partition coefficient (Wildman–Crippen LogP) is 0.936. The van der Waals surface area contributed by atoms with Crippen LogP contribution >= 0.6 is 0 Å². The first-order valence-corrected chi connectivity index (χ1v) is 7.42. The van der Waals surface area contributed by atoms with E-state index in [1.54, 1.807) is 31.2 Å². The Kier molecular flexibility index (Phi) is 5.55. The first-order valence-electron chi connectivity index (χ1n) is 5.77. The lowest BCUT2D eigenvalue weighted by molar-refractivity contribution is -0.114. The number of benzene rings is 1. The minimum Gasteiger partial charge on any atom is -0.326 e. The van der Waals surface area contributed by atoms with E-state index in [0.717, 1.165) is 5.56 Å². The van der Waals surface area contributed by atoms with E-state index < -0.39 is 10.0 Å². The van der Waals surface area contributed by atoms with Crippen LogP contribution in [0.3, 0.4) is 0 Å². The van der Waals surface area contributed by atoms with Gasteiger partial charge in [0.25, 0.3) is 0 Å². The van der Waals surface area contributed by atoms with E-state index in [-0.39, 0.29) is 18.2 Å². The van der Waals surface area contributed by atoms with Gasteiger partial charge in [0.2, 0.25) is 15.9 Å². The average Bonchev–Trinajstić information content (AvgIpc) is 2.36. The molecule has 0 aliphatic heterocycles. The molecule has 0 aliphatic rings. The van der Waals surface area contributed by atoms with Gasteiger partial charge >= 0.3 is 0 Å². The van der Waals surface area contributed by atoms with E-state index in [2.05, 4.69) is 21.9 Å². The highest BCUT2D eigenvalue weighted by Gasteiger charge is 2.02. The first-order chi connectivity index (χ1) is 8.93. The van der Waals surface area contributed by atoms with E-state index in [9.17, 15) is 13.2 Å². The lowest BCUT2D eigenvalue weighted by Gasteiger charge is -2.00. The van der Waals surface area contributed by atoms with Crippen molar-refractivity contribution in [3.05, 3.63) is 29.8 Å². The number of anilines is 1. The highest BCUT2D eigenvalue weighted by atomic mass is 32.2. The van der Waals surface area contributed by atoms with Crippen LogP contribution in [0.1, 0.15) is 19.4 Å². The molecule has 0 bridgehead atoms. The number of sulfonamides is 1. The summed E-state index contributed by atoms with van der Waals surface area (Å²) in [5.74, 6) is 5.47. The number of carbonyl (C=O) groups is 1. The Morgan fingerprint density at radius 3 is 2.42 bits per heavy atom. The molecule has 0 heterocycles. The van der Waals surface area contributed by atoms with Crippen molar-refractivity contribution in [1.82, 2.24) is 4.72 Å². The summed E-state index contributed by atoms with van der Waals surface area (Å²) in [6.45, 7) is 3.09. The molecule has 0 atom stereocenters. The predicted molar refractivity (Wildman–Crippen MR) is 75.1 cm³/mol. The van der Waals surface area contributed by atoms with Crippen LogP contribution in [-0.2, 0) is 14.8 Å². The molecule has 0 aromatic heterocycles. The van der Waals surface area contributed by atoms with E-state index in [1.807, 2.05) is 0 Å². The van der Waals surface area contributed by atoms with Crippen LogP contribution in [0, 0.1) is 11.8 Å². The number of rotatable bonds is 4. The van der Waals surface area contributed by atoms with Gasteiger partial charge in [-0.1, -0.05) is 11.8 Å². The Bertz CT molecular complexity index is 595. The third-order valence-corrected chi connectivity index (χ3v) is 3.54. The number of hydrogen-bond donors (Lipinski definition) is 2. The lowest BCUT2D eigenvalue weighted by atomic mass is 10.2. The third-order valence-electron chi connectivity index (χ3n) is 2.20. The van der Waals surface area contributed by atoms with Crippen molar-refractivity contribution in [3.8, 4) is 11.8 Å². The normalized spacial score (nSPS) is 10.4. The molecule has 0 saturated carbocycles. The molecule has 0 aliphatic carbocycles. The summed E-state index contributed by atoms with van der Waals surface area (Å²) in [6.07, 6.45) is 0. The Morgan fingerprint density at radius 1 is 1.26 bits per heavy atom. The highest BCUT2D eigenvalue weighted by Crippen LogP contribution is 2.08. The maximum atomic E-state index is 11.1. The van der Waals surface area contributed by atoms with Crippen molar-refractivity contribution in [2.45, 2.75) is 13.8 Å². The fraction of sp³-hybridized carbons (Fsp3) is 0.308. The lowest BCUT2D eigenvalue weighted by Crippen LogP contribution is -2.25. The molecule has 102 valence electrons. The second-order valence-corrected chi connectivity index (χ2v) is 5.88. The maximum absolute atomic E-state index is 11.1. The van der Waals surface area contributed by atoms with E-state index in [1.165, 1.54) is 6.92 Å². The summed E-state index contributed by atoms with van der Waals surface area (Å²) >= 11 is 0. The van der Waals surface area contributed by atoms with Gasteiger partial charge < -0.3 is 5.32 Å². The topological polar surface area (TPSA) is 75.3 Å². The zero-order valence-corrected chi connectivity index (χ0v) is 11.7. The van der Waals surface area contributed by atoms with Crippen LogP contribution in [0.4, 0.5) is 5.69 Å². The molecular formula is C13H16N2O3S. The summed E-state index contributed by atoms with van der Waals surface area (Å²) in [5, 5.41) is 2.65. The van der Waals surface area contributed by atoms with Crippen LogP contribution < -0.4 is 10.0 Å². The number of amides is 1. The minimum absolute atomic E-state index is 0.0418. The molecule has 0 saturated heterocycles. The summed E-state index contributed by atoms with van der Waals surface area (Å²) in [5.41, 5.74) is 1.45. The molecule has 1 aromatic rings. The number of carbonyl (C=O) groups excluding carboxylic acids is 1. The molecule has 19 heavy (non-hydrogen) atoms. The maximum Gasteiger partial charge on any atom is 0.221 e. The highest BCUT2D eigenvalue weighted by molar-refractivity contribution is 7.89. The second kappa shape index (κ2) is 6.92. The Morgan fingerprint density at radius 2 is 1.89 bits per heavy atom. The van der Waals surface area contributed by atoms with Gasteiger partial charge in [0.15, 0.2) is 0 Å². The molecule has 0 unspecified atom stereocenters. The van der Waals surface area contributed by atoms with Crippen LogP contribution in [0.5, 0.6) is 0 Å². The van der Waals surface area contributed by atoms with Crippen LogP contribution in [0.15, 0.2) is 24.3 Å². The minimum atomic E-state index is -3.19. The summed E-state index contributed by atoms with van der Waals surface area (Å²) in [6, 6.07) is 6.99. The van der Waals surface area contributed by atoms with Crippen LogP contribution in [0.2, 0.25) is 0 Å². The third kappa shape index (κ3) is 6.04. The van der Waals surface area contributed by atoms with E-state index in [4.69, 9.17) is 0 Å². The zero-order valence-electron chi connectivity index (χ0n) is 10.9. The molecule has 2 N–H and O–H groups in total. The van der Waals surface area contributed by atoms with Gasteiger partial charge in [-0.05, 0) is 31.2 Å². The van der Waals surface area contributed by atoms with Gasteiger partial charge in [0.05, 0.1) is 12.3 Å². The summed E-state index contributed by atoms with van der Waals surface area (Å²) in [7, 11) is -3.19. The van der Waals surface area contributed by atoms with Gasteiger partial charge in [-0.3, -0.25) is 4.79 Å². The fourth-order valence-corrected chi connectivity index (χ4v) is 1.73. The Hall–Kier alpha value is -1.84. The first kappa shape index (κ1) is 15.2. The van der Waals surface area contributed by atoms with Gasteiger partial charge in [-0.15, -0.1) is 0 Å². The van der Waals surface area contributed by atoms with Gasteiger partial charge in [0, 0.05) is 18.2 Å². The molecule has 1 rings (SSSR count). The van der Waals surface area contributed by atoms with Crippen molar-refractivity contribution in [1.29, 1.82) is 0 Å². The molecule has 1 aromatic carbocycles. The monoisotopic (exact) mass is 280 g/mol. The van der Waals surface area contributed by atoms with Crippen LogP contribution in [0.25, 0.3) is 0 Å². The SMILES string of the molecule is CCS(=O)(=O)NCC#Cc1ccc(NC(C)=O)cc1. The molecule has 0 fully saturated rings. The van der Waals surface area contributed by atoms with Crippen LogP contribution in [-0.4, -0.2) is 26.6 Å². The van der Waals surface area contributed by atoms with Gasteiger partial charge in [0.1, 0.15) is 0 Å². The second-order valence-electron chi connectivity index (χ2n) is 3.78. The quantitative estimate of drug-likeness (QED) is 0.806. The average molecular weight is 280 g/mol. The Balaban J connectivity index is 2.57. The smallest absolute Gasteiger partial charge is 0.221 e. The molecule has 1 amide bonds. The summed E-state index contributed by atoms with van der Waals surface area (Å²) < 4.78 is 24.6. The van der Waals surface area contributed by atoms with E-state index in [0.29, 0.717) is 5.69 Å². The van der Waals surface area contributed by atoms with Gasteiger partial charge in [-0.25, -0.2) is 13.1 Å². The molecule has 0 spiro atoms. The van der Waals surface area contributed by atoms with E-state index >= 15 is 0 Å². The van der Waals surface area contributed by atoms with Crippen molar-refractivity contribution >= 4 is 21.6 Å². The van der Waals surface area contributed by atoms with Crippen molar-refractivity contribution in [3.63, 3.8) is 0 Å². The summed E-state index contributed by atoms with van der Waals surface area (Å²) in [4.78, 5) is 10.8. The molecule has 6 heteroatoms. The molecule has 0 radical (unpaired) electrons. The fourth-order valence-electron chi connectivity index (χ4n) is 1.23. The molecular weight excluding hydrogens is 264 g/mol. The Labute approximate surface area is 113 Å². The van der Waals surface area contributed by atoms with Crippen molar-refractivity contribution in [2.24, 2.45) is 0 Å². The van der Waals surface area contributed by atoms with Crippen molar-refractivity contribution in [2.75, 3.05) is 17.6 Å². The largest absolute Gasteiger partial charge is 0.326 e. The standard InChI is InChI=1S/C13H16N2O3S/c1-3-19(17,18)14-10-4-5-12-6-8-13(9-7-12)15-11(2)16/h6-9,14H,3,10H2,1-2H3,(H,15,16). The van der Waals surface area contributed by atoms with Crippen molar-refractivity contribution < 1.29 is 13.2 Å². The van der Waals surface area contributed by atoms with Gasteiger partial charge in [-0.2, -0.15) is 0 Å². The molecule has 5 nitrogen and oxygen atoms in total.